The number of fused-ring (bicyclic) bond motifs is 3. The molecule has 0 aromatic carbocycles. The normalized spacial score (nSPS) is 16.0. The van der Waals surface area contributed by atoms with Crippen LogP contribution in [0.4, 0.5) is 10.6 Å². The standard InChI is InChI=1S/C11H15N5O.2C2H6/c1-7-13-10-8(14(7)2)9-12-5-4-6-16(9)11(17)15(10)3;2*1-2/h4-6H2,1-3H3;2*1-2H3. The summed E-state index contributed by atoms with van der Waals surface area (Å²) in [5.74, 6) is 2.38. The van der Waals surface area contributed by atoms with E-state index in [0.717, 1.165) is 36.9 Å². The Kier molecular flexibility index (Phi) is 5.93. The minimum atomic E-state index is -0.0333. The number of imidazole rings is 1. The molecule has 0 bridgehead atoms. The molecule has 0 atom stereocenters. The first-order chi connectivity index (χ1) is 10.1. The van der Waals surface area contributed by atoms with E-state index in [2.05, 4.69) is 9.98 Å². The minimum Gasteiger partial charge on any atom is -0.327 e. The van der Waals surface area contributed by atoms with Crippen LogP contribution in [-0.2, 0) is 7.05 Å². The van der Waals surface area contributed by atoms with Gasteiger partial charge in [-0.3, -0.25) is 14.8 Å². The molecule has 6 heteroatoms. The van der Waals surface area contributed by atoms with Crippen LogP contribution < -0.4 is 4.90 Å². The molecular weight excluding hydrogens is 266 g/mol. The van der Waals surface area contributed by atoms with Crippen LogP contribution in [0.5, 0.6) is 0 Å². The fraction of sp³-hybridized carbons (Fsp3) is 0.667. The lowest BCUT2D eigenvalue weighted by molar-refractivity contribution is 0.225. The molecule has 3 heterocycles. The minimum absolute atomic E-state index is 0.0333. The van der Waals surface area contributed by atoms with Gasteiger partial charge in [-0.15, -0.1) is 0 Å². The van der Waals surface area contributed by atoms with E-state index in [1.165, 1.54) is 0 Å². The number of aliphatic imine (C=N–C) groups is 1. The average Bonchev–Trinajstić information content (AvgIpc) is 2.85. The number of carbonyl (C=O) groups is 1. The van der Waals surface area contributed by atoms with Crippen molar-refractivity contribution >= 4 is 17.7 Å². The van der Waals surface area contributed by atoms with Gasteiger partial charge in [-0.1, -0.05) is 27.7 Å². The summed E-state index contributed by atoms with van der Waals surface area (Å²) in [6.45, 7) is 11.5. The van der Waals surface area contributed by atoms with Crippen LogP contribution in [0.3, 0.4) is 0 Å². The van der Waals surface area contributed by atoms with Crippen LogP contribution in [0.25, 0.3) is 0 Å². The molecule has 0 radical (unpaired) electrons. The highest BCUT2D eigenvalue weighted by Crippen LogP contribution is 2.29. The van der Waals surface area contributed by atoms with E-state index >= 15 is 0 Å². The Labute approximate surface area is 127 Å². The molecule has 1 aromatic rings. The third kappa shape index (κ3) is 2.80. The monoisotopic (exact) mass is 293 g/mol. The molecule has 0 N–H and O–H groups in total. The maximum Gasteiger partial charge on any atom is 0.331 e. The second kappa shape index (κ2) is 7.24. The van der Waals surface area contributed by atoms with Crippen molar-refractivity contribution in [2.24, 2.45) is 12.0 Å². The van der Waals surface area contributed by atoms with Crippen LogP contribution in [0, 0.1) is 6.92 Å². The van der Waals surface area contributed by atoms with Gasteiger partial charge in [0.25, 0.3) is 0 Å². The van der Waals surface area contributed by atoms with E-state index in [4.69, 9.17) is 0 Å². The van der Waals surface area contributed by atoms with Crippen LogP contribution >= 0.6 is 0 Å². The van der Waals surface area contributed by atoms with Crippen molar-refractivity contribution < 1.29 is 4.79 Å². The fourth-order valence-electron chi connectivity index (χ4n) is 2.34. The van der Waals surface area contributed by atoms with Crippen LogP contribution in [0.15, 0.2) is 4.99 Å². The van der Waals surface area contributed by atoms with Crippen molar-refractivity contribution in [1.29, 1.82) is 0 Å². The van der Waals surface area contributed by atoms with Gasteiger partial charge in [0.15, 0.2) is 11.7 Å². The zero-order valence-corrected chi connectivity index (χ0v) is 14.3. The summed E-state index contributed by atoms with van der Waals surface area (Å²) in [6, 6.07) is -0.0333. The van der Waals surface area contributed by atoms with E-state index < -0.39 is 0 Å². The van der Waals surface area contributed by atoms with Gasteiger partial charge in [0.2, 0.25) is 0 Å². The van der Waals surface area contributed by atoms with E-state index in [9.17, 15) is 4.79 Å². The van der Waals surface area contributed by atoms with Crippen LogP contribution in [0.2, 0.25) is 0 Å². The number of carbonyl (C=O) groups excluding carboxylic acids is 1. The van der Waals surface area contributed by atoms with Gasteiger partial charge in [-0.25, -0.2) is 9.78 Å². The van der Waals surface area contributed by atoms with Gasteiger partial charge in [0.05, 0.1) is 0 Å². The number of anilines is 1. The zero-order chi connectivity index (χ0) is 16.2. The largest absolute Gasteiger partial charge is 0.331 e. The van der Waals surface area contributed by atoms with Crippen LogP contribution in [0.1, 0.15) is 45.6 Å². The van der Waals surface area contributed by atoms with E-state index in [-0.39, 0.29) is 6.03 Å². The van der Waals surface area contributed by atoms with Crippen LogP contribution in [-0.4, -0.2) is 46.5 Å². The third-order valence-corrected chi connectivity index (χ3v) is 3.40. The molecule has 2 aliphatic heterocycles. The molecule has 118 valence electrons. The molecule has 0 saturated carbocycles. The summed E-state index contributed by atoms with van der Waals surface area (Å²) in [7, 11) is 3.72. The van der Waals surface area contributed by atoms with E-state index in [0.29, 0.717) is 5.82 Å². The summed E-state index contributed by atoms with van der Waals surface area (Å²) < 4.78 is 2.00. The van der Waals surface area contributed by atoms with Gasteiger partial charge < -0.3 is 4.57 Å². The Morgan fingerprint density at radius 2 is 1.71 bits per heavy atom. The number of nitrogens with zero attached hydrogens (tertiary/aromatic N) is 5. The Bertz CT molecular complexity index is 532. The molecule has 6 nitrogen and oxygen atoms in total. The van der Waals surface area contributed by atoms with Crippen molar-refractivity contribution in [3.63, 3.8) is 0 Å². The second-order valence-electron chi connectivity index (χ2n) is 4.44. The van der Waals surface area contributed by atoms with Gasteiger partial charge in [0, 0.05) is 27.2 Å². The first-order valence-corrected chi connectivity index (χ1v) is 7.74. The topological polar surface area (TPSA) is 53.7 Å². The Morgan fingerprint density at radius 1 is 1.10 bits per heavy atom. The maximum atomic E-state index is 12.2. The highest BCUT2D eigenvalue weighted by atomic mass is 16.2. The maximum absolute atomic E-state index is 12.2. The second-order valence-corrected chi connectivity index (χ2v) is 4.44. The van der Waals surface area contributed by atoms with Crippen molar-refractivity contribution in [2.75, 3.05) is 25.0 Å². The highest BCUT2D eigenvalue weighted by molar-refractivity contribution is 6.17. The molecule has 0 fully saturated rings. The molecule has 3 rings (SSSR count). The van der Waals surface area contributed by atoms with Crippen molar-refractivity contribution in [1.82, 2.24) is 14.5 Å². The predicted molar refractivity (Wildman–Crippen MR) is 87.2 cm³/mol. The Morgan fingerprint density at radius 3 is 2.33 bits per heavy atom. The molecule has 0 unspecified atom stereocenters. The molecule has 0 aliphatic carbocycles. The number of hydrogen-bond acceptors (Lipinski definition) is 3. The van der Waals surface area contributed by atoms with Gasteiger partial charge in [-0.05, 0) is 13.3 Å². The summed E-state index contributed by atoms with van der Waals surface area (Å²) in [5.41, 5.74) is 0.948. The molecule has 2 amide bonds. The predicted octanol–water partition coefficient (Wildman–Crippen LogP) is 2.80. The summed E-state index contributed by atoms with van der Waals surface area (Å²) in [5, 5.41) is 0. The lowest BCUT2D eigenvalue weighted by Crippen LogP contribution is -2.52. The Hall–Kier alpha value is -1.85. The van der Waals surface area contributed by atoms with Gasteiger partial charge in [-0.2, -0.15) is 0 Å². The summed E-state index contributed by atoms with van der Waals surface area (Å²) >= 11 is 0. The summed E-state index contributed by atoms with van der Waals surface area (Å²) in [4.78, 5) is 24.4. The first kappa shape index (κ1) is 17.2. The third-order valence-electron chi connectivity index (χ3n) is 3.40. The van der Waals surface area contributed by atoms with Crippen molar-refractivity contribution in [3.8, 4) is 0 Å². The van der Waals surface area contributed by atoms with E-state index in [1.54, 1.807) is 16.8 Å². The number of amides is 2. The number of urea groups is 1. The SMILES string of the molecule is CC.CC.Cc1nc2c(n1C)C1=NCCCN1C(=O)N2C. The fourth-order valence-corrected chi connectivity index (χ4v) is 2.34. The number of aryl methyl sites for hydroxylation is 1. The zero-order valence-electron chi connectivity index (χ0n) is 14.3. The van der Waals surface area contributed by atoms with Crippen molar-refractivity contribution in [3.05, 3.63) is 11.5 Å². The average molecular weight is 293 g/mol. The Balaban J connectivity index is 0.000000510. The first-order valence-electron chi connectivity index (χ1n) is 7.74. The molecule has 0 spiro atoms. The summed E-state index contributed by atoms with van der Waals surface area (Å²) in [6.07, 6.45) is 0.926. The van der Waals surface area contributed by atoms with Gasteiger partial charge in [0.1, 0.15) is 11.5 Å². The smallest absolute Gasteiger partial charge is 0.327 e. The lowest BCUT2D eigenvalue weighted by Gasteiger charge is -2.35. The van der Waals surface area contributed by atoms with Crippen molar-refractivity contribution in [2.45, 2.75) is 41.0 Å². The highest BCUT2D eigenvalue weighted by Gasteiger charge is 2.37. The number of amidine groups is 1. The molecular formula is C15H27N5O. The number of hydrogen-bond donors (Lipinski definition) is 0. The molecule has 2 aliphatic rings. The molecule has 0 saturated heterocycles. The molecule has 21 heavy (non-hydrogen) atoms. The van der Waals surface area contributed by atoms with E-state index in [1.807, 2.05) is 46.2 Å². The lowest BCUT2D eigenvalue weighted by atomic mass is 10.2. The van der Waals surface area contributed by atoms with Gasteiger partial charge >= 0.3 is 6.03 Å². The molecule has 1 aromatic heterocycles. The number of aromatic nitrogens is 2. The number of rotatable bonds is 0. The quantitative estimate of drug-likeness (QED) is 0.738.